The van der Waals surface area contributed by atoms with Crippen molar-refractivity contribution in [1.29, 1.82) is 0 Å². The van der Waals surface area contributed by atoms with Crippen molar-refractivity contribution < 1.29 is 4.79 Å². The number of hydrogen-bond acceptors (Lipinski definition) is 2. The van der Waals surface area contributed by atoms with Crippen molar-refractivity contribution in [1.82, 2.24) is 5.43 Å². The zero-order valence-electron chi connectivity index (χ0n) is 17.0. The molecule has 0 bridgehead atoms. The Morgan fingerprint density at radius 2 is 1.48 bits per heavy atom. The number of nitrogens with one attached hydrogen (secondary N) is 1. The van der Waals surface area contributed by atoms with E-state index in [9.17, 15) is 4.79 Å². The van der Waals surface area contributed by atoms with E-state index in [0.29, 0.717) is 6.42 Å². The summed E-state index contributed by atoms with van der Waals surface area (Å²) in [6, 6.07) is 14.4. The smallest absolute Gasteiger partial charge is 0.240 e. The van der Waals surface area contributed by atoms with Crippen LogP contribution in [-0.2, 0) is 4.79 Å². The van der Waals surface area contributed by atoms with Gasteiger partial charge < -0.3 is 0 Å². The number of carbonyl (C=O) groups excluding carboxylic acids is 1. The van der Waals surface area contributed by atoms with E-state index >= 15 is 0 Å². The molecular formula is C24H34N2O. The maximum Gasteiger partial charge on any atom is 0.240 e. The summed E-state index contributed by atoms with van der Waals surface area (Å²) in [6.45, 7) is 4.19. The van der Waals surface area contributed by atoms with Crippen LogP contribution >= 0.6 is 0 Å². The Morgan fingerprint density at radius 1 is 0.852 bits per heavy atom. The van der Waals surface area contributed by atoms with Crippen LogP contribution in [0.4, 0.5) is 0 Å². The van der Waals surface area contributed by atoms with Gasteiger partial charge >= 0.3 is 0 Å². The second kappa shape index (κ2) is 12.3. The number of amides is 1. The molecule has 2 aromatic carbocycles. The van der Waals surface area contributed by atoms with Gasteiger partial charge in [-0.2, -0.15) is 5.10 Å². The van der Waals surface area contributed by atoms with Crippen LogP contribution in [0.2, 0.25) is 0 Å². The first kappa shape index (κ1) is 21.1. The molecule has 0 atom stereocenters. The summed E-state index contributed by atoms with van der Waals surface area (Å²) in [7, 11) is 0. The summed E-state index contributed by atoms with van der Waals surface area (Å²) in [6.07, 6.45) is 11.9. The van der Waals surface area contributed by atoms with Crippen molar-refractivity contribution in [3.8, 4) is 0 Å². The molecule has 0 aliphatic heterocycles. The quantitative estimate of drug-likeness (QED) is 0.256. The highest BCUT2D eigenvalue weighted by Gasteiger charge is 2.05. The molecule has 27 heavy (non-hydrogen) atoms. The number of hydrogen-bond donors (Lipinski definition) is 1. The van der Waals surface area contributed by atoms with E-state index in [-0.39, 0.29) is 5.91 Å². The molecular weight excluding hydrogens is 332 g/mol. The number of benzene rings is 2. The van der Waals surface area contributed by atoms with Crippen molar-refractivity contribution in [2.45, 2.75) is 78.1 Å². The van der Waals surface area contributed by atoms with Gasteiger partial charge in [-0.3, -0.25) is 4.79 Å². The second-order valence-electron chi connectivity index (χ2n) is 7.34. The minimum absolute atomic E-state index is 0.0116. The van der Waals surface area contributed by atoms with Crippen LogP contribution in [0.5, 0.6) is 0 Å². The predicted molar refractivity (Wildman–Crippen MR) is 116 cm³/mol. The highest BCUT2D eigenvalue weighted by molar-refractivity contribution is 6.09. The van der Waals surface area contributed by atoms with Gasteiger partial charge in [0, 0.05) is 12.0 Å². The lowest BCUT2D eigenvalue weighted by Crippen LogP contribution is -2.18. The molecule has 0 aliphatic rings. The van der Waals surface area contributed by atoms with Crippen LogP contribution < -0.4 is 5.43 Å². The van der Waals surface area contributed by atoms with Gasteiger partial charge in [-0.1, -0.05) is 101 Å². The zero-order chi connectivity index (χ0) is 19.3. The molecule has 3 nitrogen and oxygen atoms in total. The van der Waals surface area contributed by atoms with E-state index in [4.69, 9.17) is 0 Å². The maximum absolute atomic E-state index is 12.0. The van der Waals surface area contributed by atoms with E-state index in [2.05, 4.69) is 35.7 Å². The van der Waals surface area contributed by atoms with Crippen LogP contribution in [-0.4, -0.2) is 11.6 Å². The van der Waals surface area contributed by atoms with E-state index in [1.165, 1.54) is 50.3 Å². The van der Waals surface area contributed by atoms with Crippen LogP contribution in [0.3, 0.4) is 0 Å². The molecule has 2 rings (SSSR count). The first-order valence-electron chi connectivity index (χ1n) is 10.5. The van der Waals surface area contributed by atoms with Crippen molar-refractivity contribution >= 4 is 22.4 Å². The zero-order valence-corrected chi connectivity index (χ0v) is 17.0. The van der Waals surface area contributed by atoms with Gasteiger partial charge in [0.2, 0.25) is 5.91 Å². The number of rotatable bonds is 12. The molecule has 0 radical (unpaired) electrons. The summed E-state index contributed by atoms with van der Waals surface area (Å²) >= 11 is 0. The van der Waals surface area contributed by atoms with Crippen LogP contribution in [0.25, 0.3) is 10.8 Å². The third kappa shape index (κ3) is 7.54. The summed E-state index contributed by atoms with van der Waals surface area (Å²) in [5.74, 6) is 0.0116. The van der Waals surface area contributed by atoms with Crippen molar-refractivity contribution in [2.75, 3.05) is 0 Å². The van der Waals surface area contributed by atoms with Crippen LogP contribution in [0.1, 0.15) is 83.6 Å². The van der Waals surface area contributed by atoms with Gasteiger partial charge in [0.1, 0.15) is 0 Å². The molecule has 1 N–H and O–H groups in total. The summed E-state index contributed by atoms with van der Waals surface area (Å²) in [5.41, 5.74) is 4.63. The average molecular weight is 367 g/mol. The fraction of sp³-hybridized carbons (Fsp3) is 0.500. The Labute approximate surface area is 164 Å². The Bertz CT molecular complexity index is 731. The SMILES string of the molecule is CCCCCCCCCCCC(=O)N/N=C(/C)c1cccc2ccccc12. The number of carbonyl (C=O) groups is 1. The van der Waals surface area contributed by atoms with Crippen LogP contribution in [0, 0.1) is 0 Å². The van der Waals surface area contributed by atoms with E-state index < -0.39 is 0 Å². The van der Waals surface area contributed by atoms with Gasteiger partial charge in [0.05, 0.1) is 5.71 Å². The van der Waals surface area contributed by atoms with Gasteiger partial charge in [-0.25, -0.2) is 5.43 Å². The lowest BCUT2D eigenvalue weighted by Gasteiger charge is -2.07. The number of unbranched alkanes of at least 4 members (excludes halogenated alkanes) is 8. The van der Waals surface area contributed by atoms with Crippen molar-refractivity contribution in [3.05, 3.63) is 48.0 Å². The monoisotopic (exact) mass is 366 g/mol. The van der Waals surface area contributed by atoms with Crippen molar-refractivity contribution in [2.24, 2.45) is 5.10 Å². The lowest BCUT2D eigenvalue weighted by molar-refractivity contribution is -0.121. The fourth-order valence-corrected chi connectivity index (χ4v) is 3.40. The fourth-order valence-electron chi connectivity index (χ4n) is 3.40. The van der Waals surface area contributed by atoms with Gasteiger partial charge in [-0.05, 0) is 24.1 Å². The third-order valence-corrected chi connectivity index (χ3v) is 5.04. The molecule has 0 aromatic heterocycles. The average Bonchev–Trinajstić information content (AvgIpc) is 2.70. The molecule has 0 spiro atoms. The van der Waals surface area contributed by atoms with Gasteiger partial charge in [-0.15, -0.1) is 0 Å². The molecule has 3 heteroatoms. The molecule has 0 saturated carbocycles. The molecule has 0 fully saturated rings. The highest BCUT2D eigenvalue weighted by Crippen LogP contribution is 2.19. The molecule has 0 aliphatic carbocycles. The first-order chi connectivity index (χ1) is 13.2. The molecule has 2 aromatic rings. The Balaban J connectivity index is 1.68. The number of nitrogens with zero attached hydrogens (tertiary/aromatic N) is 1. The van der Waals surface area contributed by atoms with E-state index in [1.54, 1.807) is 0 Å². The maximum atomic E-state index is 12.0. The van der Waals surface area contributed by atoms with Crippen LogP contribution in [0.15, 0.2) is 47.6 Å². The minimum Gasteiger partial charge on any atom is -0.273 e. The number of fused-ring (bicyclic) bond motifs is 1. The molecule has 146 valence electrons. The van der Waals surface area contributed by atoms with Gasteiger partial charge in [0.15, 0.2) is 0 Å². The van der Waals surface area contributed by atoms with Crippen molar-refractivity contribution in [3.63, 3.8) is 0 Å². The summed E-state index contributed by atoms with van der Waals surface area (Å²) in [5, 5.41) is 6.67. The number of hydrazone groups is 1. The van der Waals surface area contributed by atoms with E-state index in [1.807, 2.05) is 31.2 Å². The minimum atomic E-state index is 0.0116. The Morgan fingerprint density at radius 3 is 2.22 bits per heavy atom. The molecule has 0 heterocycles. The first-order valence-corrected chi connectivity index (χ1v) is 10.5. The lowest BCUT2D eigenvalue weighted by atomic mass is 10.0. The third-order valence-electron chi connectivity index (χ3n) is 5.04. The largest absolute Gasteiger partial charge is 0.273 e. The normalized spacial score (nSPS) is 11.7. The molecule has 0 saturated heterocycles. The molecule has 1 amide bonds. The van der Waals surface area contributed by atoms with E-state index in [0.717, 1.165) is 29.5 Å². The molecule has 0 unspecified atom stereocenters. The highest BCUT2D eigenvalue weighted by atomic mass is 16.2. The summed E-state index contributed by atoms with van der Waals surface area (Å²) < 4.78 is 0. The standard InChI is InChI=1S/C24H34N2O/c1-3-4-5-6-7-8-9-10-11-19-24(27)26-25-20(2)22-18-14-16-21-15-12-13-17-23(21)22/h12-18H,3-11,19H2,1-2H3,(H,26,27)/b25-20-. The topological polar surface area (TPSA) is 41.5 Å². The van der Waals surface area contributed by atoms with Gasteiger partial charge in [0.25, 0.3) is 0 Å². The Kier molecular flexibility index (Phi) is 9.61. The second-order valence-corrected chi connectivity index (χ2v) is 7.34. The Hall–Kier alpha value is -2.16. The predicted octanol–water partition coefficient (Wildman–Crippen LogP) is 6.60. The summed E-state index contributed by atoms with van der Waals surface area (Å²) in [4.78, 5) is 12.0.